The Balaban J connectivity index is 2.51. The van der Waals surface area contributed by atoms with E-state index < -0.39 is 0 Å². The molecule has 110 valence electrons. The van der Waals surface area contributed by atoms with E-state index in [2.05, 4.69) is 60.6 Å². The monoisotopic (exact) mass is 281 g/mol. The van der Waals surface area contributed by atoms with Crippen molar-refractivity contribution in [3.05, 3.63) is 61.3 Å². The van der Waals surface area contributed by atoms with Crippen molar-refractivity contribution in [3.63, 3.8) is 0 Å². The predicted octanol–water partition coefficient (Wildman–Crippen LogP) is 3.52. The smallest absolute Gasteiger partial charge is 0.137 e. The van der Waals surface area contributed by atoms with Crippen LogP contribution in [0.15, 0.2) is 55.6 Å². The van der Waals surface area contributed by atoms with Gasteiger partial charge >= 0.3 is 0 Å². The minimum atomic E-state index is 0.758. The molecule has 0 fully saturated rings. The average molecular weight is 281 g/mol. The maximum Gasteiger partial charge on any atom is 0.137 e. The summed E-state index contributed by atoms with van der Waals surface area (Å²) in [7, 11) is 0. The van der Waals surface area contributed by atoms with Crippen molar-refractivity contribution in [1.82, 2.24) is 10.3 Å². The van der Waals surface area contributed by atoms with E-state index in [1.54, 1.807) is 0 Å². The van der Waals surface area contributed by atoms with Crippen LogP contribution in [0.5, 0.6) is 0 Å². The van der Waals surface area contributed by atoms with Crippen LogP contribution >= 0.6 is 0 Å². The highest BCUT2D eigenvalue weighted by Gasteiger charge is 2.11. The lowest BCUT2D eigenvalue weighted by Gasteiger charge is -2.23. The highest BCUT2D eigenvalue weighted by atomic mass is 15.2. The molecule has 0 aliphatic carbocycles. The summed E-state index contributed by atoms with van der Waals surface area (Å²) >= 11 is 0. The van der Waals surface area contributed by atoms with Crippen molar-refractivity contribution in [2.45, 2.75) is 13.5 Å². The van der Waals surface area contributed by atoms with Crippen LogP contribution in [0.4, 0.5) is 5.82 Å². The largest absolute Gasteiger partial charge is 0.349 e. The molecule has 21 heavy (non-hydrogen) atoms. The molecule has 3 heteroatoms. The van der Waals surface area contributed by atoms with Gasteiger partial charge in [-0.1, -0.05) is 43.3 Å². The molecule has 1 aromatic heterocycles. The molecular weight excluding hydrogens is 258 g/mol. The van der Waals surface area contributed by atoms with Gasteiger partial charge in [-0.05, 0) is 18.0 Å². The van der Waals surface area contributed by atoms with Gasteiger partial charge in [0.05, 0.1) is 5.69 Å². The minimum absolute atomic E-state index is 0.758. The van der Waals surface area contributed by atoms with Gasteiger partial charge in [-0.25, -0.2) is 4.98 Å². The van der Waals surface area contributed by atoms with Gasteiger partial charge in [0.25, 0.3) is 0 Å². The molecule has 1 N–H and O–H groups in total. The molecule has 0 radical (unpaired) electrons. The Hall–Kier alpha value is -2.13. The van der Waals surface area contributed by atoms with E-state index in [-0.39, 0.29) is 0 Å². The van der Waals surface area contributed by atoms with E-state index in [1.807, 2.05) is 12.2 Å². The Labute approximate surface area is 127 Å². The van der Waals surface area contributed by atoms with Crippen molar-refractivity contribution >= 4 is 16.6 Å². The van der Waals surface area contributed by atoms with Gasteiger partial charge in [-0.3, -0.25) is 0 Å². The first-order valence-electron chi connectivity index (χ1n) is 7.36. The zero-order valence-electron chi connectivity index (χ0n) is 12.7. The fourth-order valence-electron chi connectivity index (χ4n) is 2.38. The van der Waals surface area contributed by atoms with Crippen LogP contribution in [-0.4, -0.2) is 24.6 Å². The van der Waals surface area contributed by atoms with Crippen molar-refractivity contribution in [2.75, 3.05) is 24.5 Å². The van der Waals surface area contributed by atoms with Crippen molar-refractivity contribution in [1.29, 1.82) is 0 Å². The fourth-order valence-corrected chi connectivity index (χ4v) is 2.38. The number of nitrogens with zero attached hydrogens (tertiary/aromatic N) is 2. The summed E-state index contributed by atoms with van der Waals surface area (Å²) in [5, 5.41) is 5.72. The lowest BCUT2D eigenvalue weighted by molar-refractivity contribution is 0.710. The first-order chi connectivity index (χ1) is 10.3. The molecule has 1 heterocycles. The topological polar surface area (TPSA) is 28.2 Å². The van der Waals surface area contributed by atoms with Crippen LogP contribution in [0.2, 0.25) is 0 Å². The SMILES string of the molecule is C=CCN(CC=C)c1nc(CNCC)cc2ccccc12. The number of hydrogen-bond acceptors (Lipinski definition) is 3. The van der Waals surface area contributed by atoms with Crippen LogP contribution in [0.3, 0.4) is 0 Å². The van der Waals surface area contributed by atoms with Crippen LogP contribution in [-0.2, 0) is 6.54 Å². The Morgan fingerprint density at radius 2 is 1.90 bits per heavy atom. The van der Waals surface area contributed by atoms with Gasteiger partial charge in [-0.15, -0.1) is 13.2 Å². The van der Waals surface area contributed by atoms with Crippen LogP contribution in [0.25, 0.3) is 10.8 Å². The number of pyridine rings is 1. The second kappa shape index (κ2) is 7.60. The van der Waals surface area contributed by atoms with Gasteiger partial charge in [-0.2, -0.15) is 0 Å². The maximum atomic E-state index is 4.84. The van der Waals surface area contributed by atoms with Crippen molar-refractivity contribution in [2.24, 2.45) is 0 Å². The van der Waals surface area contributed by atoms with Crippen molar-refractivity contribution in [3.8, 4) is 0 Å². The van der Waals surface area contributed by atoms with Gasteiger partial charge < -0.3 is 10.2 Å². The zero-order valence-corrected chi connectivity index (χ0v) is 12.7. The van der Waals surface area contributed by atoms with E-state index >= 15 is 0 Å². The molecule has 0 spiro atoms. The molecule has 0 atom stereocenters. The summed E-state index contributed by atoms with van der Waals surface area (Å²) in [6, 6.07) is 10.5. The Morgan fingerprint density at radius 1 is 1.19 bits per heavy atom. The second-order valence-corrected chi connectivity index (χ2v) is 4.92. The third kappa shape index (κ3) is 3.70. The highest BCUT2D eigenvalue weighted by Crippen LogP contribution is 2.25. The lowest BCUT2D eigenvalue weighted by atomic mass is 10.1. The van der Waals surface area contributed by atoms with E-state index in [9.17, 15) is 0 Å². The third-order valence-electron chi connectivity index (χ3n) is 3.33. The number of anilines is 1. The molecule has 2 rings (SSSR count). The molecule has 0 amide bonds. The standard InChI is InChI=1S/C18H23N3/c1-4-11-21(12-5-2)18-17-10-8-7-9-15(17)13-16(20-18)14-19-6-3/h4-5,7-10,13,19H,1-2,6,11-12,14H2,3H3. The third-order valence-corrected chi connectivity index (χ3v) is 3.33. The summed E-state index contributed by atoms with van der Waals surface area (Å²) in [6.45, 7) is 13.0. The summed E-state index contributed by atoms with van der Waals surface area (Å²) < 4.78 is 0. The van der Waals surface area contributed by atoms with E-state index in [1.165, 1.54) is 10.8 Å². The molecule has 0 saturated carbocycles. The Morgan fingerprint density at radius 3 is 2.57 bits per heavy atom. The summed E-state index contributed by atoms with van der Waals surface area (Å²) in [5.74, 6) is 1.00. The number of aromatic nitrogens is 1. The maximum absolute atomic E-state index is 4.84. The lowest BCUT2D eigenvalue weighted by Crippen LogP contribution is -2.25. The molecule has 0 aliphatic heterocycles. The number of nitrogens with one attached hydrogen (secondary N) is 1. The molecule has 3 nitrogen and oxygen atoms in total. The molecule has 0 aliphatic rings. The van der Waals surface area contributed by atoms with Gasteiger partial charge in [0.1, 0.15) is 5.82 Å². The molecule has 0 bridgehead atoms. The van der Waals surface area contributed by atoms with Crippen LogP contribution in [0, 0.1) is 0 Å². The van der Waals surface area contributed by atoms with Gasteiger partial charge in [0.15, 0.2) is 0 Å². The molecular formula is C18H23N3. The molecule has 0 unspecified atom stereocenters. The number of fused-ring (bicyclic) bond motifs is 1. The van der Waals surface area contributed by atoms with E-state index in [0.717, 1.165) is 37.7 Å². The van der Waals surface area contributed by atoms with Gasteiger partial charge in [0, 0.05) is 25.0 Å². The van der Waals surface area contributed by atoms with E-state index in [0.29, 0.717) is 0 Å². The number of hydrogen-bond donors (Lipinski definition) is 1. The summed E-state index contributed by atoms with van der Waals surface area (Å²) in [5.41, 5.74) is 1.06. The Kier molecular flexibility index (Phi) is 5.52. The highest BCUT2D eigenvalue weighted by molar-refractivity contribution is 5.92. The molecule has 1 aromatic carbocycles. The first kappa shape index (κ1) is 15.3. The van der Waals surface area contributed by atoms with Crippen molar-refractivity contribution < 1.29 is 0 Å². The minimum Gasteiger partial charge on any atom is -0.349 e. The predicted molar refractivity (Wildman–Crippen MR) is 91.7 cm³/mol. The first-order valence-corrected chi connectivity index (χ1v) is 7.36. The number of benzene rings is 1. The fraction of sp³-hybridized carbons (Fsp3) is 0.278. The molecule has 2 aromatic rings. The Bertz CT molecular complexity index is 609. The second-order valence-electron chi connectivity index (χ2n) is 4.92. The average Bonchev–Trinajstić information content (AvgIpc) is 2.52. The van der Waals surface area contributed by atoms with E-state index in [4.69, 9.17) is 4.98 Å². The quantitative estimate of drug-likeness (QED) is 0.750. The summed E-state index contributed by atoms with van der Waals surface area (Å²) in [4.78, 5) is 7.04. The normalized spacial score (nSPS) is 10.5. The van der Waals surface area contributed by atoms with Crippen LogP contribution < -0.4 is 10.2 Å². The van der Waals surface area contributed by atoms with Crippen LogP contribution in [0.1, 0.15) is 12.6 Å². The molecule has 0 saturated heterocycles. The number of rotatable bonds is 8. The zero-order chi connectivity index (χ0) is 15.1. The van der Waals surface area contributed by atoms with Gasteiger partial charge in [0.2, 0.25) is 0 Å². The summed E-state index contributed by atoms with van der Waals surface area (Å²) in [6.07, 6.45) is 3.80.